The third-order valence-corrected chi connectivity index (χ3v) is 4.75. The summed E-state index contributed by atoms with van der Waals surface area (Å²) in [5.41, 5.74) is 7.09. The van der Waals surface area contributed by atoms with Gasteiger partial charge in [-0.15, -0.1) is 0 Å². The van der Waals surface area contributed by atoms with Crippen LogP contribution in [0.15, 0.2) is 42.6 Å². The van der Waals surface area contributed by atoms with Crippen LogP contribution in [0.2, 0.25) is 0 Å². The van der Waals surface area contributed by atoms with Crippen LogP contribution < -0.4 is 4.74 Å². The van der Waals surface area contributed by atoms with Crippen LogP contribution in [0.25, 0.3) is 33.1 Å². The number of hydrogen-bond donors (Lipinski definition) is 1. The van der Waals surface area contributed by atoms with Crippen molar-refractivity contribution in [3.8, 4) is 17.0 Å². The topological polar surface area (TPSA) is 50.8 Å². The molecular formula is C19H15N3O. The highest BCUT2D eigenvalue weighted by Crippen LogP contribution is 2.40. The van der Waals surface area contributed by atoms with Gasteiger partial charge in [0.05, 0.1) is 30.0 Å². The summed E-state index contributed by atoms with van der Waals surface area (Å²) in [5, 5.41) is 9.65. The SMILES string of the molecule is COc1cccc(-c2nc3ccc4[nH]ncc4c3c3c2CC3)c1. The molecule has 0 atom stereocenters. The van der Waals surface area contributed by atoms with Crippen molar-refractivity contribution < 1.29 is 4.74 Å². The fourth-order valence-electron chi connectivity index (χ4n) is 3.53. The zero-order chi connectivity index (χ0) is 15.4. The number of nitrogens with zero attached hydrogens (tertiary/aromatic N) is 2. The molecule has 2 aromatic heterocycles. The van der Waals surface area contributed by atoms with E-state index in [1.165, 1.54) is 21.9 Å². The van der Waals surface area contributed by atoms with E-state index in [1.807, 2.05) is 18.3 Å². The maximum absolute atomic E-state index is 5.36. The molecule has 1 aliphatic rings. The molecule has 4 aromatic rings. The third kappa shape index (κ3) is 1.72. The number of benzene rings is 2. The predicted octanol–water partition coefficient (Wildman–Crippen LogP) is 3.89. The van der Waals surface area contributed by atoms with Gasteiger partial charge in [0.1, 0.15) is 5.75 Å². The highest BCUT2D eigenvalue weighted by atomic mass is 16.5. The second-order valence-electron chi connectivity index (χ2n) is 5.94. The van der Waals surface area contributed by atoms with Gasteiger partial charge in [0.2, 0.25) is 0 Å². The van der Waals surface area contributed by atoms with Crippen molar-refractivity contribution in [2.24, 2.45) is 0 Å². The van der Waals surface area contributed by atoms with E-state index in [0.717, 1.165) is 40.9 Å². The predicted molar refractivity (Wildman–Crippen MR) is 90.8 cm³/mol. The van der Waals surface area contributed by atoms with Crippen LogP contribution in [-0.2, 0) is 12.8 Å². The molecule has 1 N–H and O–H groups in total. The van der Waals surface area contributed by atoms with Crippen LogP contribution in [-0.4, -0.2) is 22.3 Å². The first kappa shape index (κ1) is 12.6. The van der Waals surface area contributed by atoms with Crippen LogP contribution in [0.5, 0.6) is 5.75 Å². The summed E-state index contributed by atoms with van der Waals surface area (Å²) < 4.78 is 5.36. The number of ether oxygens (including phenoxy) is 1. The largest absolute Gasteiger partial charge is 0.497 e. The monoisotopic (exact) mass is 301 g/mol. The van der Waals surface area contributed by atoms with E-state index < -0.39 is 0 Å². The number of hydrogen-bond acceptors (Lipinski definition) is 3. The van der Waals surface area contributed by atoms with Gasteiger partial charge in [-0.3, -0.25) is 5.10 Å². The van der Waals surface area contributed by atoms with Crippen LogP contribution in [0.4, 0.5) is 0 Å². The Balaban J connectivity index is 1.83. The molecule has 112 valence electrons. The summed E-state index contributed by atoms with van der Waals surface area (Å²) in [4.78, 5) is 4.96. The standard InChI is InChI=1S/C19H15N3O/c1-23-12-4-2-3-11(9-12)19-14-6-5-13(14)18-15-10-20-22-16(15)7-8-17(18)21-19/h2-4,7-10H,5-6H2,1H3,(H,20,22). The molecule has 0 radical (unpaired) electrons. The van der Waals surface area contributed by atoms with Gasteiger partial charge in [0.25, 0.3) is 0 Å². The molecule has 23 heavy (non-hydrogen) atoms. The van der Waals surface area contributed by atoms with Crippen molar-refractivity contribution in [3.63, 3.8) is 0 Å². The van der Waals surface area contributed by atoms with Gasteiger partial charge in [-0.1, -0.05) is 12.1 Å². The normalized spacial score (nSPS) is 13.1. The van der Waals surface area contributed by atoms with Gasteiger partial charge in [-0.2, -0.15) is 5.10 Å². The average molecular weight is 301 g/mol. The zero-order valence-corrected chi connectivity index (χ0v) is 12.8. The quantitative estimate of drug-likeness (QED) is 0.611. The molecule has 0 spiro atoms. The minimum atomic E-state index is 0.864. The number of fused-ring (bicyclic) bond motifs is 5. The van der Waals surface area contributed by atoms with E-state index >= 15 is 0 Å². The van der Waals surface area contributed by atoms with Gasteiger partial charge < -0.3 is 4.74 Å². The molecule has 0 aliphatic heterocycles. The van der Waals surface area contributed by atoms with Crippen LogP contribution in [0.3, 0.4) is 0 Å². The molecule has 2 aromatic carbocycles. The summed E-state index contributed by atoms with van der Waals surface area (Å²) in [7, 11) is 1.70. The van der Waals surface area contributed by atoms with Crippen molar-refractivity contribution >= 4 is 21.8 Å². The molecule has 4 nitrogen and oxygen atoms in total. The first-order valence-corrected chi connectivity index (χ1v) is 7.77. The molecule has 0 saturated heterocycles. The number of aromatic nitrogens is 3. The Bertz CT molecular complexity index is 1070. The second kappa shape index (κ2) is 4.56. The fourth-order valence-corrected chi connectivity index (χ4v) is 3.53. The highest BCUT2D eigenvalue weighted by Gasteiger charge is 2.24. The Morgan fingerprint density at radius 2 is 2.00 bits per heavy atom. The Morgan fingerprint density at radius 1 is 1.09 bits per heavy atom. The Hall–Kier alpha value is -2.88. The minimum Gasteiger partial charge on any atom is -0.497 e. The lowest BCUT2D eigenvalue weighted by molar-refractivity contribution is 0.415. The molecule has 0 saturated carbocycles. The second-order valence-corrected chi connectivity index (χ2v) is 5.94. The number of methoxy groups -OCH3 is 1. The van der Waals surface area contributed by atoms with Crippen LogP contribution in [0.1, 0.15) is 11.1 Å². The number of rotatable bonds is 2. The third-order valence-electron chi connectivity index (χ3n) is 4.75. The van der Waals surface area contributed by atoms with Gasteiger partial charge >= 0.3 is 0 Å². The smallest absolute Gasteiger partial charge is 0.119 e. The lowest BCUT2D eigenvalue weighted by Crippen LogP contribution is -2.13. The van der Waals surface area contributed by atoms with E-state index in [1.54, 1.807) is 7.11 Å². The van der Waals surface area contributed by atoms with E-state index in [4.69, 9.17) is 9.72 Å². The average Bonchev–Trinajstić information content (AvgIpc) is 3.03. The van der Waals surface area contributed by atoms with E-state index in [0.29, 0.717) is 0 Å². The summed E-state index contributed by atoms with van der Waals surface area (Å²) in [5.74, 6) is 0.864. The number of aryl methyl sites for hydroxylation is 1. The van der Waals surface area contributed by atoms with Gasteiger partial charge in [0.15, 0.2) is 0 Å². The number of pyridine rings is 1. The molecule has 0 amide bonds. The van der Waals surface area contributed by atoms with Crippen molar-refractivity contribution in [1.82, 2.24) is 15.2 Å². The summed E-state index contributed by atoms with van der Waals surface area (Å²) >= 11 is 0. The van der Waals surface area contributed by atoms with Gasteiger partial charge in [-0.25, -0.2) is 4.98 Å². The molecule has 0 unspecified atom stereocenters. The summed E-state index contributed by atoms with van der Waals surface area (Å²) in [6.45, 7) is 0. The van der Waals surface area contributed by atoms with E-state index in [2.05, 4.69) is 34.5 Å². The number of H-pyrrole nitrogens is 1. The minimum absolute atomic E-state index is 0.864. The maximum atomic E-state index is 5.36. The molecule has 5 rings (SSSR count). The Kier molecular flexibility index (Phi) is 2.50. The highest BCUT2D eigenvalue weighted by molar-refractivity contribution is 6.08. The molecule has 2 heterocycles. The van der Waals surface area contributed by atoms with Crippen LogP contribution in [0, 0.1) is 0 Å². The summed E-state index contributed by atoms with van der Waals surface area (Å²) in [6.07, 6.45) is 4.10. The van der Waals surface area contributed by atoms with Crippen molar-refractivity contribution in [3.05, 3.63) is 53.7 Å². The van der Waals surface area contributed by atoms with Crippen LogP contribution >= 0.6 is 0 Å². The first-order valence-electron chi connectivity index (χ1n) is 7.77. The Labute approximate surface area is 133 Å². The lowest BCUT2D eigenvalue weighted by Gasteiger charge is -2.24. The van der Waals surface area contributed by atoms with Gasteiger partial charge in [-0.05, 0) is 48.2 Å². The number of nitrogens with one attached hydrogen (secondary N) is 1. The lowest BCUT2D eigenvalue weighted by atomic mass is 9.82. The summed E-state index contributed by atoms with van der Waals surface area (Å²) in [6, 6.07) is 12.3. The molecule has 1 aliphatic carbocycles. The number of aromatic amines is 1. The van der Waals surface area contributed by atoms with Crippen molar-refractivity contribution in [2.45, 2.75) is 12.8 Å². The Morgan fingerprint density at radius 3 is 2.83 bits per heavy atom. The first-order chi connectivity index (χ1) is 11.3. The zero-order valence-electron chi connectivity index (χ0n) is 12.8. The maximum Gasteiger partial charge on any atom is 0.119 e. The van der Waals surface area contributed by atoms with E-state index in [9.17, 15) is 0 Å². The molecule has 0 fully saturated rings. The van der Waals surface area contributed by atoms with Crippen molar-refractivity contribution in [1.29, 1.82) is 0 Å². The molecule has 0 bridgehead atoms. The van der Waals surface area contributed by atoms with Crippen molar-refractivity contribution in [2.75, 3.05) is 7.11 Å². The van der Waals surface area contributed by atoms with Gasteiger partial charge in [0, 0.05) is 16.3 Å². The van der Waals surface area contributed by atoms with E-state index in [-0.39, 0.29) is 0 Å². The molecular weight excluding hydrogens is 286 g/mol. The fraction of sp³-hybridized carbons (Fsp3) is 0.158. The molecule has 4 heteroatoms.